The summed E-state index contributed by atoms with van der Waals surface area (Å²) in [5.41, 5.74) is 5.35. The summed E-state index contributed by atoms with van der Waals surface area (Å²) in [5.74, 6) is 0.901. The lowest BCUT2D eigenvalue weighted by atomic mass is 9.95. The third-order valence-corrected chi connectivity index (χ3v) is 3.23. The molecular weight excluding hydrogens is 208 g/mol. The molecule has 0 bridgehead atoms. The van der Waals surface area contributed by atoms with Crippen molar-refractivity contribution in [3.05, 3.63) is 53.6 Å². The molecule has 0 saturated heterocycles. The van der Waals surface area contributed by atoms with Crippen LogP contribution < -0.4 is 4.74 Å². The molecule has 2 rings (SSSR count). The van der Waals surface area contributed by atoms with Gasteiger partial charge in [-0.05, 0) is 47.7 Å². The summed E-state index contributed by atoms with van der Waals surface area (Å²) in [5, 5.41) is 0. The van der Waals surface area contributed by atoms with Crippen molar-refractivity contribution in [1.82, 2.24) is 0 Å². The highest BCUT2D eigenvalue weighted by molar-refractivity contribution is 5.69. The van der Waals surface area contributed by atoms with Crippen molar-refractivity contribution in [3.63, 3.8) is 0 Å². The molecule has 0 aliphatic heterocycles. The van der Waals surface area contributed by atoms with Crippen LogP contribution in [0.25, 0.3) is 11.1 Å². The molecule has 0 saturated carbocycles. The molecule has 0 spiro atoms. The maximum absolute atomic E-state index is 5.18. The predicted molar refractivity (Wildman–Crippen MR) is 72.5 cm³/mol. The molecule has 0 aliphatic rings. The molecule has 0 unspecified atom stereocenters. The molecule has 1 heteroatoms. The van der Waals surface area contributed by atoms with E-state index in [4.69, 9.17) is 4.74 Å². The van der Waals surface area contributed by atoms with Gasteiger partial charge in [0.05, 0.1) is 7.11 Å². The van der Waals surface area contributed by atoms with Crippen LogP contribution in [0.2, 0.25) is 0 Å². The second-order valence-electron chi connectivity index (χ2n) is 4.17. The zero-order valence-corrected chi connectivity index (χ0v) is 10.7. The molecule has 17 heavy (non-hydrogen) atoms. The number of ether oxygens (including phenoxy) is 1. The van der Waals surface area contributed by atoms with Crippen LogP contribution >= 0.6 is 0 Å². The van der Waals surface area contributed by atoms with Gasteiger partial charge in [-0.15, -0.1) is 0 Å². The Morgan fingerprint density at radius 2 is 1.71 bits per heavy atom. The van der Waals surface area contributed by atoms with Gasteiger partial charge in [0.1, 0.15) is 5.75 Å². The number of methoxy groups -OCH3 is 1. The van der Waals surface area contributed by atoms with Crippen molar-refractivity contribution in [2.75, 3.05) is 7.11 Å². The summed E-state index contributed by atoms with van der Waals surface area (Å²) in [4.78, 5) is 0. The maximum Gasteiger partial charge on any atom is 0.118 e. The zero-order valence-electron chi connectivity index (χ0n) is 10.7. The van der Waals surface area contributed by atoms with E-state index in [1.807, 2.05) is 12.1 Å². The van der Waals surface area contributed by atoms with Crippen LogP contribution in [0.5, 0.6) is 5.75 Å². The lowest BCUT2D eigenvalue weighted by molar-refractivity contribution is 0.415. The van der Waals surface area contributed by atoms with E-state index in [1.165, 1.54) is 22.3 Å². The first-order valence-corrected chi connectivity index (χ1v) is 5.99. The molecule has 0 N–H and O–H groups in total. The van der Waals surface area contributed by atoms with E-state index in [2.05, 4.69) is 44.2 Å². The fourth-order valence-electron chi connectivity index (χ4n) is 2.15. The number of rotatable bonds is 3. The summed E-state index contributed by atoms with van der Waals surface area (Å²) >= 11 is 0. The molecule has 2 aromatic rings. The molecule has 0 atom stereocenters. The number of hydrogen-bond acceptors (Lipinski definition) is 1. The van der Waals surface area contributed by atoms with Crippen LogP contribution in [0.1, 0.15) is 18.1 Å². The smallest absolute Gasteiger partial charge is 0.118 e. The van der Waals surface area contributed by atoms with Crippen molar-refractivity contribution >= 4 is 0 Å². The van der Waals surface area contributed by atoms with Gasteiger partial charge >= 0.3 is 0 Å². The van der Waals surface area contributed by atoms with Crippen LogP contribution in [-0.2, 0) is 6.42 Å². The lowest BCUT2D eigenvalue weighted by Gasteiger charge is -2.10. The van der Waals surface area contributed by atoms with Crippen molar-refractivity contribution in [3.8, 4) is 16.9 Å². The average molecular weight is 226 g/mol. The van der Waals surface area contributed by atoms with E-state index in [0.717, 1.165) is 12.2 Å². The van der Waals surface area contributed by atoms with Gasteiger partial charge < -0.3 is 4.74 Å². The summed E-state index contributed by atoms with van der Waals surface area (Å²) in [7, 11) is 1.69. The van der Waals surface area contributed by atoms with Gasteiger partial charge in [0.2, 0.25) is 0 Å². The Bertz CT molecular complexity index is 497. The molecule has 88 valence electrons. The lowest BCUT2D eigenvalue weighted by Crippen LogP contribution is -1.90. The van der Waals surface area contributed by atoms with Crippen LogP contribution in [0, 0.1) is 6.92 Å². The van der Waals surface area contributed by atoms with Crippen molar-refractivity contribution in [1.29, 1.82) is 0 Å². The first-order chi connectivity index (χ1) is 8.26. The van der Waals surface area contributed by atoms with Crippen LogP contribution in [0.15, 0.2) is 42.5 Å². The van der Waals surface area contributed by atoms with Crippen LogP contribution in [-0.4, -0.2) is 7.11 Å². The van der Waals surface area contributed by atoms with E-state index < -0.39 is 0 Å². The third-order valence-electron chi connectivity index (χ3n) is 3.23. The first kappa shape index (κ1) is 11.7. The number of benzene rings is 2. The van der Waals surface area contributed by atoms with Crippen molar-refractivity contribution < 1.29 is 4.74 Å². The normalized spacial score (nSPS) is 10.3. The molecule has 0 amide bonds. The van der Waals surface area contributed by atoms with E-state index in [0.29, 0.717) is 0 Å². The highest BCUT2D eigenvalue weighted by Crippen LogP contribution is 2.27. The summed E-state index contributed by atoms with van der Waals surface area (Å²) in [6.45, 7) is 4.39. The molecule has 0 fully saturated rings. The van der Waals surface area contributed by atoms with E-state index >= 15 is 0 Å². The molecule has 0 radical (unpaired) electrons. The second-order valence-corrected chi connectivity index (χ2v) is 4.17. The molecule has 0 aromatic heterocycles. The standard InChI is InChI=1S/C16H18O/c1-4-13-6-5-7-16(12(13)2)14-8-10-15(17-3)11-9-14/h5-11H,4H2,1-3H3. The number of hydrogen-bond donors (Lipinski definition) is 0. The molecule has 1 nitrogen and oxygen atoms in total. The number of aryl methyl sites for hydroxylation is 1. The minimum Gasteiger partial charge on any atom is -0.497 e. The van der Waals surface area contributed by atoms with Gasteiger partial charge in [-0.1, -0.05) is 37.3 Å². The molecular formula is C16H18O. The van der Waals surface area contributed by atoms with Crippen LogP contribution in [0.4, 0.5) is 0 Å². The molecule has 0 heterocycles. The minimum absolute atomic E-state index is 0.901. The van der Waals surface area contributed by atoms with Gasteiger partial charge in [-0.2, -0.15) is 0 Å². The summed E-state index contributed by atoms with van der Waals surface area (Å²) < 4.78 is 5.18. The quantitative estimate of drug-likeness (QED) is 0.761. The highest BCUT2D eigenvalue weighted by Gasteiger charge is 2.04. The van der Waals surface area contributed by atoms with Gasteiger partial charge in [0, 0.05) is 0 Å². The van der Waals surface area contributed by atoms with Crippen molar-refractivity contribution in [2.45, 2.75) is 20.3 Å². The van der Waals surface area contributed by atoms with E-state index in [-0.39, 0.29) is 0 Å². The van der Waals surface area contributed by atoms with Crippen LogP contribution in [0.3, 0.4) is 0 Å². The monoisotopic (exact) mass is 226 g/mol. The van der Waals surface area contributed by atoms with Gasteiger partial charge in [0.25, 0.3) is 0 Å². The Morgan fingerprint density at radius 3 is 2.29 bits per heavy atom. The Balaban J connectivity index is 2.45. The Kier molecular flexibility index (Phi) is 3.48. The van der Waals surface area contributed by atoms with E-state index in [9.17, 15) is 0 Å². The molecule has 2 aromatic carbocycles. The Labute approximate surface area is 103 Å². The second kappa shape index (κ2) is 5.05. The zero-order chi connectivity index (χ0) is 12.3. The first-order valence-electron chi connectivity index (χ1n) is 5.99. The summed E-state index contributed by atoms with van der Waals surface area (Å²) in [6, 6.07) is 14.7. The van der Waals surface area contributed by atoms with Gasteiger partial charge in [0.15, 0.2) is 0 Å². The molecule has 0 aliphatic carbocycles. The Morgan fingerprint density at radius 1 is 1.00 bits per heavy atom. The SMILES string of the molecule is CCc1cccc(-c2ccc(OC)cc2)c1C. The largest absolute Gasteiger partial charge is 0.497 e. The summed E-state index contributed by atoms with van der Waals surface area (Å²) in [6.07, 6.45) is 1.08. The minimum atomic E-state index is 0.901. The average Bonchev–Trinajstić information content (AvgIpc) is 2.39. The highest BCUT2D eigenvalue weighted by atomic mass is 16.5. The third kappa shape index (κ3) is 2.33. The fourth-order valence-corrected chi connectivity index (χ4v) is 2.15. The predicted octanol–water partition coefficient (Wildman–Crippen LogP) is 4.23. The Hall–Kier alpha value is -1.76. The van der Waals surface area contributed by atoms with Gasteiger partial charge in [-0.3, -0.25) is 0 Å². The topological polar surface area (TPSA) is 9.23 Å². The maximum atomic E-state index is 5.18. The fraction of sp³-hybridized carbons (Fsp3) is 0.250. The van der Waals surface area contributed by atoms with Gasteiger partial charge in [-0.25, -0.2) is 0 Å². The van der Waals surface area contributed by atoms with E-state index in [1.54, 1.807) is 7.11 Å². The van der Waals surface area contributed by atoms with Crippen molar-refractivity contribution in [2.24, 2.45) is 0 Å².